The number of carbonyl (C=O) groups is 1. The largest absolute Gasteiger partial charge is 0.755 e. The number of rotatable bonds is 11. The normalized spacial score (nSPS) is 13.5. The molecule has 0 spiro atoms. The van der Waals surface area contributed by atoms with Crippen LogP contribution in [0.1, 0.15) is 41.4 Å². The van der Waals surface area contributed by atoms with Crippen molar-refractivity contribution in [3.63, 3.8) is 0 Å². The molecule has 3 atom stereocenters. The molecule has 0 aromatic heterocycles. The van der Waals surface area contributed by atoms with Crippen LogP contribution in [0.5, 0.6) is 0 Å². The summed E-state index contributed by atoms with van der Waals surface area (Å²) in [6, 6.07) is 22.6. The molecule has 35 heavy (non-hydrogen) atoms. The van der Waals surface area contributed by atoms with Gasteiger partial charge in [0.1, 0.15) is 0 Å². The van der Waals surface area contributed by atoms with Crippen molar-refractivity contribution in [2.24, 2.45) is 0 Å². The molecule has 184 valence electrons. The molecule has 0 bridgehead atoms. The van der Waals surface area contributed by atoms with E-state index in [1.165, 1.54) is 35.7 Å². The van der Waals surface area contributed by atoms with E-state index in [0.29, 0.717) is 18.5 Å². The number of hydrogen-bond donors (Lipinski definition) is 0. The van der Waals surface area contributed by atoms with Gasteiger partial charge in [-0.2, -0.15) is 0 Å². The summed E-state index contributed by atoms with van der Waals surface area (Å²) in [6.45, 7) is 2.08. The van der Waals surface area contributed by atoms with Crippen molar-refractivity contribution in [1.82, 2.24) is 0 Å². The van der Waals surface area contributed by atoms with E-state index in [-0.39, 0.29) is 24.1 Å². The maximum Gasteiger partial charge on any atom is 0.313 e. The molecular formula is C26H27N2O6S-. The van der Waals surface area contributed by atoms with Gasteiger partial charge in [-0.05, 0) is 43.0 Å². The van der Waals surface area contributed by atoms with Gasteiger partial charge in [-0.25, -0.2) is 0 Å². The first-order valence-corrected chi connectivity index (χ1v) is 12.1. The zero-order chi connectivity index (χ0) is 25.4. The fourth-order valence-corrected chi connectivity index (χ4v) is 4.61. The highest BCUT2D eigenvalue weighted by Gasteiger charge is 2.25. The summed E-state index contributed by atoms with van der Waals surface area (Å²) < 4.78 is 30.6. The van der Waals surface area contributed by atoms with E-state index in [2.05, 4.69) is 0 Å². The van der Waals surface area contributed by atoms with Crippen LogP contribution in [-0.4, -0.2) is 33.3 Å². The number of aryl methyl sites for hydroxylation is 1. The minimum absolute atomic E-state index is 0.111. The number of nitro groups is 1. The van der Waals surface area contributed by atoms with Crippen LogP contribution in [0.2, 0.25) is 0 Å². The van der Waals surface area contributed by atoms with Crippen molar-refractivity contribution >= 4 is 28.6 Å². The van der Waals surface area contributed by atoms with E-state index in [0.717, 1.165) is 16.7 Å². The van der Waals surface area contributed by atoms with Gasteiger partial charge in [-0.15, -0.1) is 0 Å². The van der Waals surface area contributed by atoms with Gasteiger partial charge in [0.2, 0.25) is 0 Å². The summed E-state index contributed by atoms with van der Waals surface area (Å²) in [5.41, 5.74) is 3.05. The number of methoxy groups -OCH3 is 1. The molecule has 3 unspecified atom stereocenters. The first kappa shape index (κ1) is 26.1. The van der Waals surface area contributed by atoms with Gasteiger partial charge in [-0.1, -0.05) is 60.2 Å². The Kier molecular flexibility index (Phi) is 9.11. The first-order chi connectivity index (χ1) is 16.8. The third kappa shape index (κ3) is 6.97. The highest BCUT2D eigenvalue weighted by atomic mass is 32.2. The first-order valence-electron chi connectivity index (χ1n) is 11.1. The molecule has 0 heterocycles. The summed E-state index contributed by atoms with van der Waals surface area (Å²) in [4.78, 5) is 23.0. The number of carbonyl (C=O) groups excluding carboxylic acids is 1. The van der Waals surface area contributed by atoms with Crippen molar-refractivity contribution in [1.29, 1.82) is 0 Å². The molecule has 0 N–H and O–H groups in total. The molecule has 9 heteroatoms. The van der Waals surface area contributed by atoms with Crippen LogP contribution in [0.15, 0.2) is 78.9 Å². The van der Waals surface area contributed by atoms with Crippen molar-refractivity contribution in [2.45, 2.75) is 31.6 Å². The van der Waals surface area contributed by atoms with E-state index < -0.39 is 22.1 Å². The predicted octanol–water partition coefficient (Wildman–Crippen LogP) is 5.02. The fraction of sp³-hybridized carbons (Fsp3) is 0.269. The summed E-state index contributed by atoms with van der Waals surface area (Å²) >= 11 is -2.61. The molecule has 0 fully saturated rings. The second-order valence-electron chi connectivity index (χ2n) is 8.22. The van der Waals surface area contributed by atoms with E-state index >= 15 is 0 Å². The number of ether oxygens (including phenoxy) is 1. The van der Waals surface area contributed by atoms with Crippen molar-refractivity contribution in [3.05, 3.63) is 106 Å². The average Bonchev–Trinajstić information content (AvgIpc) is 2.87. The lowest BCUT2D eigenvalue weighted by atomic mass is 9.87. The number of anilines is 1. The highest BCUT2D eigenvalue weighted by molar-refractivity contribution is 7.80. The topological polar surface area (TPSA) is 113 Å². The maximum atomic E-state index is 12.6. The molecular weight excluding hydrogens is 468 g/mol. The molecule has 3 rings (SSSR count). The van der Waals surface area contributed by atoms with Crippen LogP contribution >= 0.6 is 0 Å². The Morgan fingerprint density at radius 3 is 2.14 bits per heavy atom. The summed E-state index contributed by atoms with van der Waals surface area (Å²) in [6.07, 6.45) is 0.966. The molecule has 0 saturated heterocycles. The van der Waals surface area contributed by atoms with Crippen LogP contribution in [0.25, 0.3) is 0 Å². The van der Waals surface area contributed by atoms with Crippen LogP contribution in [0.3, 0.4) is 0 Å². The van der Waals surface area contributed by atoms with Crippen molar-refractivity contribution < 1.29 is 23.2 Å². The van der Waals surface area contributed by atoms with E-state index in [1.54, 1.807) is 0 Å². The number of nitrogens with zero attached hydrogens (tertiary/aromatic N) is 2. The third-order valence-electron chi connectivity index (χ3n) is 5.95. The van der Waals surface area contributed by atoms with E-state index in [9.17, 15) is 23.7 Å². The summed E-state index contributed by atoms with van der Waals surface area (Å²) in [7, 11) is 1.35. The number of non-ortho nitro benzene ring substituents is 1. The molecule has 3 aromatic carbocycles. The molecule has 0 radical (unpaired) electrons. The van der Waals surface area contributed by atoms with Gasteiger partial charge in [0, 0.05) is 41.5 Å². The smallest absolute Gasteiger partial charge is 0.313 e. The van der Waals surface area contributed by atoms with Crippen molar-refractivity contribution in [3.8, 4) is 0 Å². The standard InChI is InChI=1S/C26H28N2O6S/c1-19-8-10-20(11-9-19)22(12-17-25(26(29)34-2)21-6-4-3-5-7-21)18-27(35(32)33)23-13-15-24(16-14-23)28(30)31/h3-11,13-16,22,25H,12,17-18H2,1-2H3,(H,32,33)/p-1. The maximum absolute atomic E-state index is 12.6. The van der Waals surface area contributed by atoms with Gasteiger partial charge in [-0.3, -0.25) is 19.1 Å². The molecule has 0 amide bonds. The Morgan fingerprint density at radius 2 is 1.60 bits per heavy atom. The van der Waals surface area contributed by atoms with Gasteiger partial charge in [0.25, 0.3) is 5.69 Å². The monoisotopic (exact) mass is 495 g/mol. The second kappa shape index (κ2) is 12.2. The van der Waals surface area contributed by atoms with Crippen LogP contribution < -0.4 is 4.31 Å². The number of hydrogen-bond acceptors (Lipinski definition) is 6. The fourth-order valence-electron chi connectivity index (χ4n) is 4.01. The van der Waals surface area contributed by atoms with Gasteiger partial charge in [0.05, 0.1) is 18.0 Å². The Hall–Kier alpha value is -3.56. The van der Waals surface area contributed by atoms with E-state index in [4.69, 9.17) is 4.74 Å². The molecule has 0 aliphatic rings. The van der Waals surface area contributed by atoms with Crippen LogP contribution in [-0.2, 0) is 20.8 Å². The predicted molar refractivity (Wildman–Crippen MR) is 134 cm³/mol. The molecule has 8 nitrogen and oxygen atoms in total. The lowest BCUT2D eigenvalue weighted by Gasteiger charge is -2.31. The number of benzene rings is 3. The summed E-state index contributed by atoms with van der Waals surface area (Å²) in [5, 5.41) is 11.0. The number of esters is 1. The third-order valence-corrected chi connectivity index (χ3v) is 6.67. The zero-order valence-electron chi connectivity index (χ0n) is 19.5. The molecule has 0 aliphatic carbocycles. The minimum atomic E-state index is -2.61. The summed E-state index contributed by atoms with van der Waals surface area (Å²) in [5.74, 6) is -1.07. The minimum Gasteiger partial charge on any atom is -0.755 e. The Labute approximate surface area is 207 Å². The lowest BCUT2D eigenvalue weighted by molar-refractivity contribution is -0.384. The van der Waals surface area contributed by atoms with Gasteiger partial charge in [0.15, 0.2) is 0 Å². The van der Waals surface area contributed by atoms with E-state index in [1.807, 2.05) is 61.5 Å². The van der Waals surface area contributed by atoms with Crippen LogP contribution in [0.4, 0.5) is 11.4 Å². The molecule has 3 aromatic rings. The zero-order valence-corrected chi connectivity index (χ0v) is 20.4. The van der Waals surface area contributed by atoms with Gasteiger partial charge >= 0.3 is 5.97 Å². The highest BCUT2D eigenvalue weighted by Crippen LogP contribution is 2.32. The van der Waals surface area contributed by atoms with Crippen LogP contribution in [0, 0.1) is 17.0 Å². The average molecular weight is 496 g/mol. The van der Waals surface area contributed by atoms with Crippen molar-refractivity contribution in [2.75, 3.05) is 18.0 Å². The van der Waals surface area contributed by atoms with Gasteiger partial charge < -0.3 is 13.6 Å². The molecule has 0 aliphatic heterocycles. The lowest BCUT2D eigenvalue weighted by Crippen LogP contribution is -2.31. The molecule has 0 saturated carbocycles. The SMILES string of the molecule is COC(=O)C(CCC(CN(c1ccc([N+](=O)[O-])cc1)S(=O)[O-])c1ccc(C)cc1)c1ccccc1. The Morgan fingerprint density at radius 1 is 0.971 bits per heavy atom. The second-order valence-corrected chi connectivity index (χ2v) is 9.10. The Bertz CT molecular complexity index is 1150. The quantitative estimate of drug-likeness (QED) is 0.160. The number of nitro benzene ring substituents is 1. The Balaban J connectivity index is 1.89.